The lowest BCUT2D eigenvalue weighted by Gasteiger charge is -2.33. The fraction of sp³-hybridized carbons (Fsp3) is 0.545. The van der Waals surface area contributed by atoms with E-state index in [0.717, 1.165) is 49.2 Å². The van der Waals surface area contributed by atoms with Crippen molar-refractivity contribution in [2.45, 2.75) is 13.5 Å². The van der Waals surface area contributed by atoms with Crippen LogP contribution in [0.5, 0.6) is 0 Å². The van der Waals surface area contributed by atoms with Gasteiger partial charge in [-0.3, -0.25) is 4.42 Å². The number of aromatic nitrogens is 1. The molecule has 0 bridgehead atoms. The summed E-state index contributed by atoms with van der Waals surface area (Å²) in [7, 11) is 0. The van der Waals surface area contributed by atoms with Crippen LogP contribution in [0.1, 0.15) is 15.6 Å². The molecule has 4 nitrogen and oxygen atoms in total. The van der Waals surface area contributed by atoms with Crippen molar-refractivity contribution in [1.82, 2.24) is 14.3 Å². The molecule has 1 saturated heterocycles. The zero-order valence-electron chi connectivity index (χ0n) is 9.65. The summed E-state index contributed by atoms with van der Waals surface area (Å²) in [6.07, 6.45) is 1.98. The Labute approximate surface area is 110 Å². The van der Waals surface area contributed by atoms with Gasteiger partial charge in [-0.1, -0.05) is 0 Å². The van der Waals surface area contributed by atoms with E-state index in [0.29, 0.717) is 0 Å². The van der Waals surface area contributed by atoms with Gasteiger partial charge in [0.25, 0.3) is 0 Å². The summed E-state index contributed by atoms with van der Waals surface area (Å²) in [5.41, 5.74) is 2.24. The topological polar surface area (TPSA) is 28.6 Å². The molecular formula is C11H14ClN3OS. The lowest BCUT2D eigenvalue weighted by molar-refractivity contribution is 0.0633. The molecule has 0 spiro atoms. The Balaban J connectivity index is 1.95. The highest BCUT2D eigenvalue weighted by Crippen LogP contribution is 2.33. The van der Waals surface area contributed by atoms with Crippen molar-refractivity contribution in [3.63, 3.8) is 0 Å². The van der Waals surface area contributed by atoms with Gasteiger partial charge in [0.05, 0.1) is 35.3 Å². The minimum absolute atomic E-state index is 0.746. The van der Waals surface area contributed by atoms with Gasteiger partial charge in [0.1, 0.15) is 5.69 Å². The first-order chi connectivity index (χ1) is 8.24. The zero-order chi connectivity index (χ0) is 11.8. The molecule has 2 aliphatic rings. The standard InChI is InChI=1S/C11H14ClN3OS/c1-8-13-11-9(14-2-4-16-5-3-14)6-15(12)7-10(11)17-8/h6H,2-5,7H2,1H3. The van der Waals surface area contributed by atoms with E-state index in [2.05, 4.69) is 9.88 Å². The van der Waals surface area contributed by atoms with Gasteiger partial charge in [-0.2, -0.15) is 0 Å². The van der Waals surface area contributed by atoms with Crippen molar-refractivity contribution < 1.29 is 4.74 Å². The van der Waals surface area contributed by atoms with E-state index in [4.69, 9.17) is 16.5 Å². The first-order valence-corrected chi connectivity index (χ1v) is 6.83. The van der Waals surface area contributed by atoms with Crippen LogP contribution in [-0.2, 0) is 11.3 Å². The van der Waals surface area contributed by atoms with Crippen LogP contribution in [0.3, 0.4) is 0 Å². The third kappa shape index (κ3) is 2.14. The molecule has 0 aliphatic carbocycles. The second-order valence-corrected chi connectivity index (χ2v) is 5.90. The molecule has 0 aromatic carbocycles. The Morgan fingerprint density at radius 2 is 2.18 bits per heavy atom. The molecule has 17 heavy (non-hydrogen) atoms. The number of rotatable bonds is 1. The minimum atomic E-state index is 0.746. The van der Waals surface area contributed by atoms with E-state index in [9.17, 15) is 0 Å². The van der Waals surface area contributed by atoms with Gasteiger partial charge in [-0.15, -0.1) is 11.3 Å². The molecule has 1 fully saturated rings. The predicted molar refractivity (Wildman–Crippen MR) is 68.6 cm³/mol. The highest BCUT2D eigenvalue weighted by Gasteiger charge is 2.25. The summed E-state index contributed by atoms with van der Waals surface area (Å²) < 4.78 is 7.09. The van der Waals surface area contributed by atoms with E-state index < -0.39 is 0 Å². The molecule has 0 atom stereocenters. The number of thiazole rings is 1. The van der Waals surface area contributed by atoms with Crippen molar-refractivity contribution >= 4 is 28.8 Å². The summed E-state index contributed by atoms with van der Waals surface area (Å²) in [6.45, 7) is 6.16. The summed E-state index contributed by atoms with van der Waals surface area (Å²) in [5, 5.41) is 1.10. The quantitative estimate of drug-likeness (QED) is 0.731. The maximum Gasteiger partial charge on any atom is 0.104 e. The average molecular weight is 272 g/mol. The van der Waals surface area contributed by atoms with Crippen molar-refractivity contribution in [3.8, 4) is 0 Å². The van der Waals surface area contributed by atoms with Crippen LogP contribution in [0.25, 0.3) is 5.70 Å². The predicted octanol–water partition coefficient (Wildman–Crippen LogP) is 2.05. The van der Waals surface area contributed by atoms with Gasteiger partial charge >= 0.3 is 0 Å². The van der Waals surface area contributed by atoms with E-state index in [1.165, 1.54) is 4.88 Å². The zero-order valence-corrected chi connectivity index (χ0v) is 11.2. The Bertz CT molecular complexity index is 454. The summed E-state index contributed by atoms with van der Waals surface area (Å²) in [4.78, 5) is 8.18. The van der Waals surface area contributed by atoms with E-state index in [-0.39, 0.29) is 0 Å². The Hall–Kier alpha value is -0.780. The average Bonchev–Trinajstić information content (AvgIpc) is 2.69. The van der Waals surface area contributed by atoms with Gasteiger partial charge in [0.15, 0.2) is 0 Å². The van der Waals surface area contributed by atoms with Crippen LogP contribution in [0.4, 0.5) is 0 Å². The minimum Gasteiger partial charge on any atom is -0.378 e. The monoisotopic (exact) mass is 271 g/mol. The molecule has 0 radical (unpaired) electrons. The maximum absolute atomic E-state index is 6.15. The molecule has 92 valence electrons. The number of fused-ring (bicyclic) bond motifs is 1. The van der Waals surface area contributed by atoms with Crippen LogP contribution in [0.15, 0.2) is 6.20 Å². The van der Waals surface area contributed by atoms with E-state index in [1.54, 1.807) is 15.8 Å². The van der Waals surface area contributed by atoms with Crippen LogP contribution >= 0.6 is 23.1 Å². The number of hydrogen-bond acceptors (Lipinski definition) is 5. The number of nitrogens with zero attached hydrogens (tertiary/aromatic N) is 3. The highest BCUT2D eigenvalue weighted by atomic mass is 35.5. The van der Waals surface area contributed by atoms with E-state index in [1.807, 2.05) is 13.1 Å². The fourth-order valence-corrected chi connectivity index (χ4v) is 3.42. The molecule has 0 saturated carbocycles. The fourth-order valence-electron chi connectivity index (χ4n) is 2.19. The lowest BCUT2D eigenvalue weighted by atomic mass is 10.2. The number of morpholine rings is 1. The molecule has 1 aromatic heterocycles. The van der Waals surface area contributed by atoms with Gasteiger partial charge in [-0.05, 0) is 6.92 Å². The first-order valence-electron chi connectivity index (χ1n) is 5.67. The number of hydrogen-bond donors (Lipinski definition) is 0. The van der Waals surface area contributed by atoms with Crippen molar-refractivity contribution in [1.29, 1.82) is 0 Å². The number of halogens is 1. The molecule has 3 heterocycles. The SMILES string of the molecule is Cc1nc2c(s1)CN(Cl)C=C2N1CCOCC1. The molecule has 3 rings (SSSR count). The van der Waals surface area contributed by atoms with Gasteiger partial charge < -0.3 is 9.64 Å². The summed E-state index contributed by atoms with van der Waals surface area (Å²) >= 11 is 7.87. The smallest absolute Gasteiger partial charge is 0.104 e. The van der Waals surface area contributed by atoms with Crippen molar-refractivity contribution in [3.05, 3.63) is 21.8 Å². The molecule has 2 aliphatic heterocycles. The summed E-state index contributed by atoms with van der Waals surface area (Å²) in [5.74, 6) is 0. The Kier molecular flexibility index (Phi) is 2.98. The largest absolute Gasteiger partial charge is 0.378 e. The molecular weight excluding hydrogens is 258 g/mol. The van der Waals surface area contributed by atoms with Gasteiger partial charge in [0.2, 0.25) is 0 Å². The molecule has 0 amide bonds. The lowest BCUT2D eigenvalue weighted by Crippen LogP contribution is -2.36. The summed E-state index contributed by atoms with van der Waals surface area (Å²) in [6, 6.07) is 0. The highest BCUT2D eigenvalue weighted by molar-refractivity contribution is 7.11. The molecule has 0 N–H and O–H groups in total. The van der Waals surface area contributed by atoms with Crippen molar-refractivity contribution in [2.24, 2.45) is 0 Å². The van der Waals surface area contributed by atoms with Crippen LogP contribution in [-0.4, -0.2) is 40.6 Å². The van der Waals surface area contributed by atoms with Gasteiger partial charge in [0, 0.05) is 31.1 Å². The van der Waals surface area contributed by atoms with Crippen LogP contribution in [0, 0.1) is 6.92 Å². The Morgan fingerprint density at radius 3 is 2.94 bits per heavy atom. The first kappa shape index (κ1) is 11.3. The number of ether oxygens (including phenoxy) is 1. The molecule has 1 aromatic rings. The van der Waals surface area contributed by atoms with Crippen molar-refractivity contribution in [2.75, 3.05) is 26.3 Å². The third-order valence-electron chi connectivity index (χ3n) is 2.96. The van der Waals surface area contributed by atoms with Gasteiger partial charge in [-0.25, -0.2) is 4.98 Å². The number of aryl methyl sites for hydroxylation is 1. The normalized spacial score (nSPS) is 20.2. The van der Waals surface area contributed by atoms with E-state index >= 15 is 0 Å². The van der Waals surface area contributed by atoms with Crippen LogP contribution < -0.4 is 0 Å². The third-order valence-corrected chi connectivity index (χ3v) is 4.13. The molecule has 6 heteroatoms. The second-order valence-electron chi connectivity index (χ2n) is 4.18. The molecule has 0 unspecified atom stereocenters. The second kappa shape index (κ2) is 4.48. The maximum atomic E-state index is 6.15. The Morgan fingerprint density at radius 1 is 1.41 bits per heavy atom. The van der Waals surface area contributed by atoms with Crippen LogP contribution in [0.2, 0.25) is 0 Å².